The molecule has 12 nitrogen and oxygen atoms in total. The number of allylic oxidation sites excluding steroid dienone is 1. The fourth-order valence-corrected chi connectivity index (χ4v) is 5.28. The van der Waals surface area contributed by atoms with Gasteiger partial charge >= 0.3 is 0 Å². The van der Waals surface area contributed by atoms with Crippen molar-refractivity contribution in [2.24, 2.45) is 0 Å². The van der Waals surface area contributed by atoms with E-state index in [1.165, 1.54) is 0 Å². The molecule has 4 rings (SSSR count). The zero-order valence-electron chi connectivity index (χ0n) is 24.8. The first-order chi connectivity index (χ1) is 20.7. The van der Waals surface area contributed by atoms with E-state index in [0.29, 0.717) is 38.5 Å². The van der Waals surface area contributed by atoms with Gasteiger partial charge in [-0.3, -0.25) is 19.2 Å². The van der Waals surface area contributed by atoms with Crippen molar-refractivity contribution in [2.45, 2.75) is 81.7 Å². The minimum absolute atomic E-state index is 0.0262. The summed E-state index contributed by atoms with van der Waals surface area (Å²) in [6, 6.07) is 5.90. The summed E-state index contributed by atoms with van der Waals surface area (Å²) in [6.45, 7) is 3.69. The van der Waals surface area contributed by atoms with Crippen molar-refractivity contribution >= 4 is 23.5 Å². The average Bonchev–Trinajstić information content (AvgIpc) is 3.54. The van der Waals surface area contributed by atoms with Crippen molar-refractivity contribution in [3.8, 4) is 11.8 Å². The van der Waals surface area contributed by atoms with Gasteiger partial charge in [-0.25, -0.2) is 0 Å². The maximum atomic E-state index is 13.8. The molecule has 43 heavy (non-hydrogen) atoms. The number of Topliss-reactive ketones (excluding diaryl/α,β-unsaturated/α-hetero) is 1. The lowest BCUT2D eigenvalue weighted by molar-refractivity contribution is -0.134. The number of epoxide rings is 1. The summed E-state index contributed by atoms with van der Waals surface area (Å²) in [7, 11) is 1.55. The van der Waals surface area contributed by atoms with Crippen LogP contribution in [0.4, 0.5) is 0 Å². The van der Waals surface area contributed by atoms with Crippen LogP contribution in [0.1, 0.15) is 51.0 Å². The SMILES string of the molecule is COc1ccc(C[C@H](NC(=O)[C@H](CC#N)NC(=O)CC2CNCCO2)C(=O)N[C@@H](CC2=CCCC2)C(=O)[C@@]2(C)CO2)cc1. The first kappa shape index (κ1) is 32.1. The van der Waals surface area contributed by atoms with Crippen LogP contribution in [0.25, 0.3) is 0 Å². The first-order valence-electron chi connectivity index (χ1n) is 14.8. The molecule has 2 heterocycles. The van der Waals surface area contributed by atoms with Gasteiger partial charge < -0.3 is 35.5 Å². The summed E-state index contributed by atoms with van der Waals surface area (Å²) in [5, 5.41) is 20.8. The molecular formula is C31H41N5O7. The van der Waals surface area contributed by atoms with Crippen LogP contribution in [0.5, 0.6) is 5.75 Å². The Morgan fingerprint density at radius 1 is 1.09 bits per heavy atom. The molecule has 232 valence electrons. The predicted molar refractivity (Wildman–Crippen MR) is 156 cm³/mol. The molecule has 4 N–H and O–H groups in total. The zero-order valence-corrected chi connectivity index (χ0v) is 24.8. The quantitative estimate of drug-likeness (QED) is 0.169. The second-order valence-electron chi connectivity index (χ2n) is 11.4. The van der Waals surface area contributed by atoms with Crippen LogP contribution in [-0.2, 0) is 35.1 Å². The van der Waals surface area contributed by atoms with E-state index in [1.54, 1.807) is 38.3 Å². The Bertz CT molecular complexity index is 1230. The van der Waals surface area contributed by atoms with Crippen molar-refractivity contribution in [1.82, 2.24) is 21.3 Å². The van der Waals surface area contributed by atoms with Crippen LogP contribution in [0.15, 0.2) is 35.9 Å². The van der Waals surface area contributed by atoms with Gasteiger partial charge in [0.25, 0.3) is 0 Å². The molecule has 3 aliphatic rings. The summed E-state index contributed by atoms with van der Waals surface area (Å²) in [5.74, 6) is -1.24. The van der Waals surface area contributed by atoms with Crippen LogP contribution < -0.4 is 26.0 Å². The van der Waals surface area contributed by atoms with Crippen molar-refractivity contribution in [3.05, 3.63) is 41.5 Å². The number of benzene rings is 1. The monoisotopic (exact) mass is 595 g/mol. The van der Waals surface area contributed by atoms with E-state index in [9.17, 15) is 24.4 Å². The number of nitrogens with one attached hydrogen (secondary N) is 4. The van der Waals surface area contributed by atoms with Gasteiger partial charge in [-0.05, 0) is 50.3 Å². The molecule has 0 aromatic heterocycles. The van der Waals surface area contributed by atoms with E-state index >= 15 is 0 Å². The van der Waals surface area contributed by atoms with Gasteiger partial charge in [0.05, 0.1) is 51.4 Å². The highest BCUT2D eigenvalue weighted by molar-refractivity contribution is 5.98. The number of morpholine rings is 1. The van der Waals surface area contributed by atoms with E-state index in [1.807, 2.05) is 6.07 Å². The van der Waals surface area contributed by atoms with E-state index in [-0.39, 0.29) is 31.1 Å². The molecule has 1 unspecified atom stereocenters. The second kappa shape index (κ2) is 15.1. The van der Waals surface area contributed by atoms with E-state index in [4.69, 9.17) is 14.2 Å². The number of hydrogen-bond acceptors (Lipinski definition) is 9. The number of carbonyl (C=O) groups excluding carboxylic acids is 4. The molecule has 3 amide bonds. The largest absolute Gasteiger partial charge is 0.497 e. The Balaban J connectivity index is 1.49. The summed E-state index contributed by atoms with van der Waals surface area (Å²) in [4.78, 5) is 53.2. The van der Waals surface area contributed by atoms with Gasteiger partial charge in [0.1, 0.15) is 23.4 Å². The molecule has 1 aliphatic carbocycles. The lowest BCUT2D eigenvalue weighted by Crippen LogP contribution is -2.57. The molecular weight excluding hydrogens is 554 g/mol. The van der Waals surface area contributed by atoms with Crippen LogP contribution in [0, 0.1) is 11.3 Å². The van der Waals surface area contributed by atoms with Crippen LogP contribution in [0.3, 0.4) is 0 Å². The minimum Gasteiger partial charge on any atom is -0.497 e. The van der Waals surface area contributed by atoms with Gasteiger partial charge in [-0.15, -0.1) is 0 Å². The molecule has 0 spiro atoms. The van der Waals surface area contributed by atoms with Crippen molar-refractivity contribution in [3.63, 3.8) is 0 Å². The fraction of sp³-hybridized carbons (Fsp3) is 0.581. The summed E-state index contributed by atoms with van der Waals surface area (Å²) in [6.07, 6.45) is 4.78. The molecule has 0 saturated carbocycles. The molecule has 2 fully saturated rings. The maximum absolute atomic E-state index is 13.8. The topological polar surface area (TPSA) is 171 Å². The van der Waals surface area contributed by atoms with Crippen LogP contribution >= 0.6 is 0 Å². The lowest BCUT2D eigenvalue weighted by atomic mass is 9.94. The normalized spacial score (nSPS) is 23.1. The number of nitrogens with zero attached hydrogens (tertiary/aromatic N) is 1. The Morgan fingerprint density at radius 2 is 1.81 bits per heavy atom. The second-order valence-corrected chi connectivity index (χ2v) is 11.4. The molecule has 1 aromatic rings. The van der Waals surface area contributed by atoms with Gasteiger partial charge in [0.2, 0.25) is 17.7 Å². The van der Waals surface area contributed by atoms with E-state index in [2.05, 4.69) is 27.3 Å². The Morgan fingerprint density at radius 3 is 2.42 bits per heavy atom. The molecule has 5 atom stereocenters. The number of amides is 3. The number of hydrogen-bond donors (Lipinski definition) is 4. The predicted octanol–water partition coefficient (Wildman–Crippen LogP) is 0.843. The minimum atomic E-state index is -1.18. The number of nitriles is 1. The third kappa shape index (κ3) is 9.35. The highest BCUT2D eigenvalue weighted by Gasteiger charge is 2.50. The molecule has 12 heteroatoms. The van der Waals surface area contributed by atoms with Crippen molar-refractivity contribution < 1.29 is 33.4 Å². The lowest BCUT2D eigenvalue weighted by Gasteiger charge is -2.26. The Kier molecular flexibility index (Phi) is 11.3. The van der Waals surface area contributed by atoms with Crippen molar-refractivity contribution in [1.29, 1.82) is 5.26 Å². The first-order valence-corrected chi connectivity index (χ1v) is 14.8. The molecule has 0 bridgehead atoms. The zero-order chi connectivity index (χ0) is 30.8. The standard InChI is InChI=1S/C31H41N5O7/c1-31(19-43-31)28(38)25(15-20-5-3-4-6-20)35-30(40)26(16-21-7-9-22(41-2)10-8-21)36-29(39)24(11-12-32)34-27(37)17-23-18-33-13-14-42-23/h5,7-10,23-26,33H,3-4,6,11,13-19H2,1-2H3,(H,34,37)(H,35,40)(H,36,39)/t23?,24-,25-,26-,31+/m0/s1. The van der Waals surface area contributed by atoms with Gasteiger partial charge in [0, 0.05) is 19.5 Å². The smallest absolute Gasteiger partial charge is 0.244 e. The van der Waals surface area contributed by atoms with Crippen molar-refractivity contribution in [2.75, 3.05) is 33.4 Å². The third-order valence-corrected chi connectivity index (χ3v) is 7.93. The fourth-order valence-electron chi connectivity index (χ4n) is 5.28. The summed E-state index contributed by atoms with van der Waals surface area (Å²) in [5.41, 5.74) is 0.904. The third-order valence-electron chi connectivity index (χ3n) is 7.93. The van der Waals surface area contributed by atoms with Gasteiger partial charge in [-0.1, -0.05) is 23.8 Å². The van der Waals surface area contributed by atoms with E-state index < -0.39 is 41.4 Å². The number of methoxy groups -OCH3 is 1. The number of carbonyl (C=O) groups is 4. The number of ether oxygens (including phenoxy) is 3. The molecule has 1 aromatic carbocycles. The Hall–Kier alpha value is -3.79. The molecule has 2 saturated heterocycles. The van der Waals surface area contributed by atoms with Crippen LogP contribution in [0.2, 0.25) is 0 Å². The number of rotatable bonds is 15. The highest BCUT2D eigenvalue weighted by Crippen LogP contribution is 2.31. The van der Waals surface area contributed by atoms with Crippen LogP contribution in [-0.4, -0.2) is 86.7 Å². The molecule has 0 radical (unpaired) electrons. The maximum Gasteiger partial charge on any atom is 0.244 e. The van der Waals surface area contributed by atoms with Gasteiger partial charge in [0.15, 0.2) is 5.78 Å². The summed E-state index contributed by atoms with van der Waals surface area (Å²) < 4.78 is 16.2. The average molecular weight is 596 g/mol. The summed E-state index contributed by atoms with van der Waals surface area (Å²) >= 11 is 0. The Labute approximate surface area is 251 Å². The number of ketones is 1. The highest BCUT2D eigenvalue weighted by atomic mass is 16.6. The van der Waals surface area contributed by atoms with Gasteiger partial charge in [-0.2, -0.15) is 5.26 Å². The van der Waals surface area contributed by atoms with E-state index in [0.717, 1.165) is 30.4 Å². The molecule has 2 aliphatic heterocycles.